The molecule has 3 fully saturated rings. The molecular formula is C21H30N2O5. The third kappa shape index (κ3) is 4.46. The highest BCUT2D eigenvalue weighted by atomic mass is 16.6. The van der Waals surface area contributed by atoms with E-state index in [2.05, 4.69) is 0 Å². The first-order chi connectivity index (χ1) is 13.2. The van der Waals surface area contributed by atoms with Crippen LogP contribution in [-0.4, -0.2) is 50.9 Å². The number of hydrogen-bond donors (Lipinski definition) is 1. The summed E-state index contributed by atoms with van der Waals surface area (Å²) in [6, 6.07) is 7.37. The van der Waals surface area contributed by atoms with Crippen LogP contribution in [0, 0.1) is 16.0 Å². The number of ether oxygens (including phenoxy) is 1. The Morgan fingerprint density at radius 1 is 1.25 bits per heavy atom. The van der Waals surface area contributed by atoms with Gasteiger partial charge < -0.3 is 9.84 Å². The molecule has 154 valence electrons. The van der Waals surface area contributed by atoms with Crippen molar-refractivity contribution < 1.29 is 19.6 Å². The molecule has 2 saturated heterocycles. The lowest BCUT2D eigenvalue weighted by atomic mass is 9.71. The van der Waals surface area contributed by atoms with Crippen molar-refractivity contribution in [2.75, 3.05) is 0 Å². The number of fused-ring (bicyclic) bond motifs is 3. The second-order valence-corrected chi connectivity index (χ2v) is 8.98. The van der Waals surface area contributed by atoms with Gasteiger partial charge in [0.05, 0.1) is 6.04 Å². The number of piperidine rings is 2. The van der Waals surface area contributed by atoms with Crippen LogP contribution in [0.4, 0.5) is 4.79 Å². The van der Waals surface area contributed by atoms with Gasteiger partial charge in [0, 0.05) is 17.4 Å². The first-order valence-electron chi connectivity index (χ1n) is 10.0. The molecule has 0 aromatic heterocycles. The number of nitrogens with zero attached hydrogens (tertiary/aromatic N) is 2. The van der Waals surface area contributed by atoms with Gasteiger partial charge in [-0.05, 0) is 57.9 Å². The molecule has 7 heteroatoms. The molecule has 1 N–H and O–H groups in total. The van der Waals surface area contributed by atoms with Gasteiger partial charge in [-0.15, -0.1) is 0 Å². The summed E-state index contributed by atoms with van der Waals surface area (Å²) >= 11 is 0. The zero-order valence-electron chi connectivity index (χ0n) is 16.8. The fourth-order valence-corrected chi connectivity index (χ4v) is 4.62. The topological polar surface area (TPSA) is 92.9 Å². The molecule has 3 atom stereocenters. The number of aliphatic hydroxyl groups excluding tert-OH is 1. The SMILES string of the molecule is CC(C)(C)OC(=O)N1[C@H]2CC[C@@H](CC2)[C@@H]1[C@@H](O)[C@H](Cc1ccccc1)[N+](=O)[O-]. The van der Waals surface area contributed by atoms with E-state index in [0.29, 0.717) is 0 Å². The quantitative estimate of drug-likeness (QED) is 0.614. The van der Waals surface area contributed by atoms with Gasteiger partial charge in [-0.3, -0.25) is 15.0 Å². The number of rotatable bonds is 5. The van der Waals surface area contributed by atoms with Gasteiger partial charge in [-0.1, -0.05) is 30.3 Å². The minimum Gasteiger partial charge on any atom is -0.444 e. The van der Waals surface area contributed by atoms with Crippen LogP contribution in [0.15, 0.2) is 30.3 Å². The van der Waals surface area contributed by atoms with E-state index >= 15 is 0 Å². The van der Waals surface area contributed by atoms with Crippen molar-refractivity contribution in [1.82, 2.24) is 4.90 Å². The second kappa shape index (κ2) is 8.07. The average molecular weight is 390 g/mol. The summed E-state index contributed by atoms with van der Waals surface area (Å²) < 4.78 is 5.57. The molecule has 2 bridgehead atoms. The highest BCUT2D eigenvalue weighted by molar-refractivity contribution is 5.69. The van der Waals surface area contributed by atoms with Crippen LogP contribution in [0.1, 0.15) is 52.0 Å². The maximum Gasteiger partial charge on any atom is 0.410 e. The molecule has 28 heavy (non-hydrogen) atoms. The number of benzene rings is 1. The number of hydrogen-bond acceptors (Lipinski definition) is 5. The fourth-order valence-electron chi connectivity index (χ4n) is 4.62. The predicted octanol–water partition coefficient (Wildman–Crippen LogP) is 3.41. The first-order valence-corrected chi connectivity index (χ1v) is 10.0. The Balaban J connectivity index is 1.85. The van der Waals surface area contributed by atoms with Crippen LogP contribution in [-0.2, 0) is 11.2 Å². The first kappa shape index (κ1) is 20.6. The number of carbonyl (C=O) groups is 1. The molecule has 1 aromatic carbocycles. The van der Waals surface area contributed by atoms with Crippen molar-refractivity contribution in [2.24, 2.45) is 5.92 Å². The van der Waals surface area contributed by atoms with Gasteiger partial charge in [0.15, 0.2) is 0 Å². The van der Waals surface area contributed by atoms with E-state index in [-0.39, 0.29) is 18.4 Å². The van der Waals surface area contributed by atoms with Crippen LogP contribution < -0.4 is 0 Å². The summed E-state index contributed by atoms with van der Waals surface area (Å²) in [4.78, 5) is 25.9. The van der Waals surface area contributed by atoms with Gasteiger partial charge in [0.1, 0.15) is 11.7 Å². The van der Waals surface area contributed by atoms with Gasteiger partial charge in [-0.25, -0.2) is 4.79 Å². The van der Waals surface area contributed by atoms with E-state index in [1.54, 1.807) is 25.7 Å². The van der Waals surface area contributed by atoms with Crippen LogP contribution in [0.3, 0.4) is 0 Å². The zero-order valence-corrected chi connectivity index (χ0v) is 16.8. The van der Waals surface area contributed by atoms with Crippen LogP contribution in [0.25, 0.3) is 0 Å². The molecule has 1 amide bonds. The van der Waals surface area contributed by atoms with Gasteiger partial charge in [0.25, 0.3) is 0 Å². The summed E-state index contributed by atoms with van der Waals surface area (Å²) in [7, 11) is 0. The Bertz CT molecular complexity index is 694. The van der Waals surface area contributed by atoms with E-state index in [1.165, 1.54) is 0 Å². The molecule has 0 spiro atoms. The van der Waals surface area contributed by atoms with E-state index < -0.39 is 34.8 Å². The molecule has 2 aliphatic heterocycles. The van der Waals surface area contributed by atoms with Crippen LogP contribution >= 0.6 is 0 Å². The van der Waals surface area contributed by atoms with Crippen molar-refractivity contribution in [3.8, 4) is 0 Å². The number of carbonyl (C=O) groups excluding carboxylic acids is 1. The molecule has 0 radical (unpaired) electrons. The van der Waals surface area contributed by atoms with Gasteiger partial charge in [0.2, 0.25) is 6.04 Å². The summed E-state index contributed by atoms with van der Waals surface area (Å²) in [6.07, 6.45) is 1.88. The van der Waals surface area contributed by atoms with Gasteiger partial charge in [-0.2, -0.15) is 0 Å². The van der Waals surface area contributed by atoms with Crippen molar-refractivity contribution in [3.05, 3.63) is 46.0 Å². The van der Waals surface area contributed by atoms with Crippen LogP contribution in [0.2, 0.25) is 0 Å². The highest BCUT2D eigenvalue weighted by Gasteiger charge is 2.52. The molecule has 7 nitrogen and oxygen atoms in total. The van der Waals surface area contributed by atoms with Crippen molar-refractivity contribution in [1.29, 1.82) is 0 Å². The van der Waals surface area contributed by atoms with Crippen molar-refractivity contribution in [3.63, 3.8) is 0 Å². The third-order valence-electron chi connectivity index (χ3n) is 5.85. The van der Waals surface area contributed by atoms with Gasteiger partial charge >= 0.3 is 6.09 Å². The molecule has 3 aliphatic rings. The standard InChI is InChI=1S/C21H30N2O5/c1-21(2,3)28-20(25)22-16-11-9-15(10-12-16)18(22)19(24)17(23(26)27)13-14-7-5-4-6-8-14/h4-8,15-19,24H,9-13H2,1-3H3/t15-,16-,17-,18+,19-/m0/s1. The minimum atomic E-state index is -1.24. The summed E-state index contributed by atoms with van der Waals surface area (Å²) in [5, 5.41) is 22.9. The molecule has 0 unspecified atom stereocenters. The van der Waals surface area contributed by atoms with Crippen LogP contribution in [0.5, 0.6) is 0 Å². The lowest BCUT2D eigenvalue weighted by Crippen LogP contribution is -2.65. The Morgan fingerprint density at radius 2 is 1.86 bits per heavy atom. The normalized spacial score (nSPS) is 26.6. The Labute approximate surface area is 165 Å². The Hall–Kier alpha value is -2.15. The van der Waals surface area contributed by atoms with Crippen molar-refractivity contribution in [2.45, 2.75) is 82.7 Å². The lowest BCUT2D eigenvalue weighted by Gasteiger charge is -2.52. The van der Waals surface area contributed by atoms with E-state index in [1.807, 2.05) is 30.3 Å². The minimum absolute atomic E-state index is 0.0244. The summed E-state index contributed by atoms with van der Waals surface area (Å²) in [5.74, 6) is 0.0609. The maximum absolute atomic E-state index is 12.9. The fraction of sp³-hybridized carbons (Fsp3) is 0.667. The average Bonchev–Trinajstić information content (AvgIpc) is 2.65. The predicted molar refractivity (Wildman–Crippen MR) is 105 cm³/mol. The molecule has 2 heterocycles. The Kier molecular flexibility index (Phi) is 5.93. The molecule has 1 saturated carbocycles. The zero-order chi connectivity index (χ0) is 20.5. The number of aliphatic hydroxyl groups is 1. The monoisotopic (exact) mass is 390 g/mol. The second-order valence-electron chi connectivity index (χ2n) is 8.98. The molecule has 1 aliphatic carbocycles. The van der Waals surface area contributed by atoms with E-state index in [0.717, 1.165) is 31.2 Å². The Morgan fingerprint density at radius 3 is 2.39 bits per heavy atom. The summed E-state index contributed by atoms with van der Waals surface area (Å²) in [6.45, 7) is 5.40. The third-order valence-corrected chi connectivity index (χ3v) is 5.85. The highest BCUT2D eigenvalue weighted by Crippen LogP contribution is 2.42. The molecule has 4 rings (SSSR count). The molecular weight excluding hydrogens is 360 g/mol. The van der Waals surface area contributed by atoms with Crippen molar-refractivity contribution >= 4 is 6.09 Å². The van der Waals surface area contributed by atoms with E-state index in [4.69, 9.17) is 4.74 Å². The maximum atomic E-state index is 12.9. The number of amides is 1. The number of nitro groups is 1. The molecule has 1 aromatic rings. The smallest absolute Gasteiger partial charge is 0.410 e. The summed E-state index contributed by atoms with van der Waals surface area (Å²) in [5.41, 5.74) is 0.142. The lowest BCUT2D eigenvalue weighted by molar-refractivity contribution is -0.536. The van der Waals surface area contributed by atoms with E-state index in [9.17, 15) is 20.0 Å². The largest absolute Gasteiger partial charge is 0.444 e.